The van der Waals surface area contributed by atoms with Crippen LogP contribution in [0.5, 0.6) is 5.75 Å². The molecule has 45 heavy (non-hydrogen) atoms. The van der Waals surface area contributed by atoms with Crippen LogP contribution in [0.2, 0.25) is 0 Å². The van der Waals surface area contributed by atoms with Gasteiger partial charge in [-0.25, -0.2) is 4.79 Å². The zero-order chi connectivity index (χ0) is 33.6. The Labute approximate surface area is 268 Å². The first kappa shape index (κ1) is 37.1. The van der Waals surface area contributed by atoms with Crippen molar-refractivity contribution in [1.29, 1.82) is 0 Å². The van der Waals surface area contributed by atoms with Gasteiger partial charge in [0.2, 0.25) is 11.8 Å². The predicted molar refractivity (Wildman–Crippen MR) is 177 cm³/mol. The monoisotopic (exact) mass is 624 g/mol. The van der Waals surface area contributed by atoms with Gasteiger partial charge < -0.3 is 30.7 Å². The average Bonchev–Trinajstić information content (AvgIpc) is 2.96. The van der Waals surface area contributed by atoms with Crippen LogP contribution < -0.4 is 21.1 Å². The van der Waals surface area contributed by atoms with Crippen LogP contribution in [0.4, 0.5) is 10.5 Å². The van der Waals surface area contributed by atoms with Crippen molar-refractivity contribution in [3.8, 4) is 5.75 Å². The maximum Gasteiger partial charge on any atom is 0.408 e. The number of benzene rings is 2. The number of carbonyl (C=O) groups excluding carboxylic acids is 4. The predicted octanol–water partition coefficient (Wildman–Crippen LogP) is 6.34. The number of nitrogens with one attached hydrogen (secondary N) is 2. The van der Waals surface area contributed by atoms with Crippen LogP contribution in [-0.2, 0) is 19.1 Å². The van der Waals surface area contributed by atoms with Crippen molar-refractivity contribution in [2.45, 2.75) is 111 Å². The van der Waals surface area contributed by atoms with Crippen molar-refractivity contribution < 1.29 is 28.7 Å². The van der Waals surface area contributed by atoms with E-state index in [-0.39, 0.29) is 19.4 Å². The van der Waals surface area contributed by atoms with Crippen LogP contribution in [0.15, 0.2) is 42.5 Å². The number of hydrogen-bond donors (Lipinski definition) is 3. The van der Waals surface area contributed by atoms with Crippen LogP contribution in [0.1, 0.15) is 102 Å². The molecule has 0 aliphatic heterocycles. The first-order valence-corrected chi connectivity index (χ1v) is 15.9. The summed E-state index contributed by atoms with van der Waals surface area (Å²) in [5.74, 6) is -0.856. The fraction of sp³-hybridized carbons (Fsp3) is 0.543. The van der Waals surface area contributed by atoms with E-state index in [2.05, 4.69) is 17.6 Å². The van der Waals surface area contributed by atoms with Gasteiger partial charge >= 0.3 is 6.09 Å². The smallest absolute Gasteiger partial charge is 0.408 e. The van der Waals surface area contributed by atoms with E-state index in [1.165, 1.54) is 4.90 Å². The number of nitrogens with zero attached hydrogens (tertiary/aromatic N) is 1. The van der Waals surface area contributed by atoms with Crippen molar-refractivity contribution in [1.82, 2.24) is 10.2 Å². The number of nitrogens with two attached hydrogens (primary N) is 1. The van der Waals surface area contributed by atoms with Gasteiger partial charge in [0.1, 0.15) is 23.4 Å². The molecule has 10 heteroatoms. The van der Waals surface area contributed by atoms with Gasteiger partial charge in [0.15, 0.2) is 0 Å². The quantitative estimate of drug-likeness (QED) is 0.176. The lowest BCUT2D eigenvalue weighted by Gasteiger charge is -2.36. The Morgan fingerprint density at radius 1 is 0.911 bits per heavy atom. The summed E-state index contributed by atoms with van der Waals surface area (Å²) in [6.45, 7) is 11.4. The SMILES string of the molecule is CCCCCCCCN(C(=O)C(CCC(N)=O)NC(=O)OC(C)(C)C)C(C(=O)Nc1ccc(OC)cc1)c1c(C)cccc1C. The fourth-order valence-corrected chi connectivity index (χ4v) is 5.20. The van der Waals surface area contributed by atoms with Crippen LogP contribution in [-0.4, -0.2) is 54.0 Å². The van der Waals surface area contributed by atoms with Crippen molar-refractivity contribution in [3.05, 3.63) is 59.2 Å². The lowest BCUT2D eigenvalue weighted by atomic mass is 9.93. The van der Waals surface area contributed by atoms with E-state index in [0.717, 1.165) is 43.2 Å². The zero-order valence-electron chi connectivity index (χ0n) is 28.0. The van der Waals surface area contributed by atoms with E-state index >= 15 is 0 Å². The van der Waals surface area contributed by atoms with E-state index in [4.69, 9.17) is 15.2 Å². The molecule has 0 aromatic heterocycles. The largest absolute Gasteiger partial charge is 0.497 e. The van der Waals surface area contributed by atoms with Gasteiger partial charge in [-0.05, 0) is 88.4 Å². The molecule has 2 unspecified atom stereocenters. The second-order valence-corrected chi connectivity index (χ2v) is 12.4. The van der Waals surface area contributed by atoms with Gasteiger partial charge in [0.25, 0.3) is 5.91 Å². The molecule has 4 N–H and O–H groups in total. The van der Waals surface area contributed by atoms with Crippen LogP contribution >= 0.6 is 0 Å². The number of amides is 4. The minimum atomic E-state index is -1.15. The Bertz CT molecular complexity index is 1250. The average molecular weight is 625 g/mol. The molecule has 0 heterocycles. The van der Waals surface area contributed by atoms with Crippen LogP contribution in [0.3, 0.4) is 0 Å². The number of primary amides is 1. The number of hydrogen-bond acceptors (Lipinski definition) is 6. The number of methoxy groups -OCH3 is 1. The molecule has 10 nitrogen and oxygen atoms in total. The molecule has 0 aliphatic carbocycles. The maximum absolute atomic E-state index is 14.5. The highest BCUT2D eigenvalue weighted by Gasteiger charge is 2.37. The summed E-state index contributed by atoms with van der Waals surface area (Å²) in [4.78, 5) is 55.0. The van der Waals surface area contributed by atoms with Gasteiger partial charge in [-0.15, -0.1) is 0 Å². The van der Waals surface area contributed by atoms with E-state index in [0.29, 0.717) is 23.4 Å². The highest BCUT2D eigenvalue weighted by atomic mass is 16.6. The van der Waals surface area contributed by atoms with Crippen LogP contribution in [0, 0.1) is 13.8 Å². The third-order valence-corrected chi connectivity index (χ3v) is 7.44. The first-order valence-electron chi connectivity index (χ1n) is 15.9. The number of anilines is 1. The molecule has 0 bridgehead atoms. The highest BCUT2D eigenvalue weighted by molar-refractivity contribution is 5.99. The molecule has 0 radical (unpaired) electrons. The molecule has 0 saturated carbocycles. The Kier molecular flexibility index (Phi) is 14.9. The lowest BCUT2D eigenvalue weighted by molar-refractivity contribution is -0.141. The normalized spacial score (nSPS) is 12.5. The van der Waals surface area contributed by atoms with Crippen molar-refractivity contribution in [2.24, 2.45) is 5.73 Å². The Morgan fingerprint density at radius 2 is 1.51 bits per heavy atom. The summed E-state index contributed by atoms with van der Waals surface area (Å²) >= 11 is 0. The Balaban J connectivity index is 2.59. The molecule has 2 atom stereocenters. The third-order valence-electron chi connectivity index (χ3n) is 7.44. The van der Waals surface area contributed by atoms with E-state index in [9.17, 15) is 19.2 Å². The van der Waals surface area contributed by atoms with E-state index in [1.807, 2.05) is 32.0 Å². The summed E-state index contributed by atoms with van der Waals surface area (Å²) < 4.78 is 10.7. The summed E-state index contributed by atoms with van der Waals surface area (Å²) in [7, 11) is 1.57. The minimum Gasteiger partial charge on any atom is -0.497 e. The molecule has 0 aliphatic rings. The number of rotatable bonds is 17. The summed E-state index contributed by atoms with van der Waals surface area (Å²) in [6.07, 6.45) is 4.89. The van der Waals surface area contributed by atoms with Gasteiger partial charge in [-0.2, -0.15) is 0 Å². The molecule has 2 aromatic rings. The summed E-state index contributed by atoms with van der Waals surface area (Å²) in [5, 5.41) is 5.65. The van der Waals surface area contributed by atoms with Gasteiger partial charge in [0, 0.05) is 18.7 Å². The molecule has 2 rings (SSSR count). The minimum absolute atomic E-state index is 0.0417. The van der Waals surface area contributed by atoms with Gasteiger partial charge in [-0.1, -0.05) is 57.2 Å². The number of carbonyl (C=O) groups is 4. The standard InChI is InChI=1S/C35H52N4O6/c1-8-9-10-11-12-13-23-39(33(42)28(21-22-29(36)40)38-34(43)45-35(4,5)6)31(30-24(2)15-14-16-25(30)3)32(41)37-26-17-19-27(44-7)20-18-26/h14-20,28,31H,8-13,21-23H2,1-7H3,(H2,36,40)(H,37,41)(H,38,43). The number of alkyl carbamates (subject to hydrolysis) is 1. The molecule has 4 amide bonds. The molecule has 0 spiro atoms. The van der Waals surface area contributed by atoms with Crippen molar-refractivity contribution >= 4 is 29.5 Å². The van der Waals surface area contributed by atoms with E-state index in [1.54, 1.807) is 52.1 Å². The summed E-state index contributed by atoms with van der Waals surface area (Å²) in [5.41, 5.74) is 7.58. The van der Waals surface area contributed by atoms with Gasteiger partial charge in [0.05, 0.1) is 7.11 Å². The second-order valence-electron chi connectivity index (χ2n) is 12.4. The molecule has 2 aromatic carbocycles. The molecular formula is C35H52N4O6. The lowest BCUT2D eigenvalue weighted by Crippen LogP contribution is -2.53. The molecule has 0 saturated heterocycles. The first-order chi connectivity index (χ1) is 21.3. The second kappa shape index (κ2) is 18.0. The molecular weight excluding hydrogens is 572 g/mol. The van der Waals surface area contributed by atoms with Crippen LogP contribution in [0.25, 0.3) is 0 Å². The topological polar surface area (TPSA) is 140 Å². The molecule has 0 fully saturated rings. The zero-order valence-corrected chi connectivity index (χ0v) is 28.0. The summed E-state index contributed by atoms with van der Waals surface area (Å²) in [6, 6.07) is 10.5. The maximum atomic E-state index is 14.5. The third kappa shape index (κ3) is 12.4. The molecule has 248 valence electrons. The van der Waals surface area contributed by atoms with Crippen molar-refractivity contribution in [3.63, 3.8) is 0 Å². The van der Waals surface area contributed by atoms with E-state index < -0.39 is 41.5 Å². The number of aryl methyl sites for hydroxylation is 2. The Hall–Kier alpha value is -4.08. The van der Waals surface area contributed by atoms with Gasteiger partial charge in [-0.3, -0.25) is 14.4 Å². The fourth-order valence-electron chi connectivity index (χ4n) is 5.20. The van der Waals surface area contributed by atoms with Crippen molar-refractivity contribution in [2.75, 3.05) is 19.0 Å². The highest BCUT2D eigenvalue weighted by Crippen LogP contribution is 2.31. The number of unbranched alkanes of at least 4 members (excludes halogenated alkanes) is 5. The Morgan fingerprint density at radius 3 is 2.07 bits per heavy atom. The number of ether oxygens (including phenoxy) is 2.